The van der Waals surface area contributed by atoms with Crippen LogP contribution < -0.4 is 16.0 Å². The van der Waals surface area contributed by atoms with Crippen molar-refractivity contribution in [2.24, 2.45) is 0 Å². The van der Waals surface area contributed by atoms with Gasteiger partial charge in [-0.2, -0.15) is 13.2 Å². The molecule has 0 heterocycles. The molecule has 0 aliphatic carbocycles. The molecule has 2 rings (SSSR count). The summed E-state index contributed by atoms with van der Waals surface area (Å²) in [6.07, 6.45) is -5.07. The van der Waals surface area contributed by atoms with E-state index in [0.29, 0.717) is 11.4 Å². The zero-order valence-electron chi connectivity index (χ0n) is 15.5. The van der Waals surface area contributed by atoms with Gasteiger partial charge < -0.3 is 20.7 Å². The molecule has 3 N–H and O–H groups in total. The van der Waals surface area contributed by atoms with Gasteiger partial charge in [0.2, 0.25) is 5.91 Å². The highest BCUT2D eigenvalue weighted by molar-refractivity contribution is 5.98. The number of anilines is 3. The molecule has 0 aliphatic rings. The van der Waals surface area contributed by atoms with Gasteiger partial charge >= 0.3 is 18.1 Å². The van der Waals surface area contributed by atoms with Crippen LogP contribution in [0.5, 0.6) is 0 Å². The molecule has 0 spiro atoms. The highest BCUT2D eigenvalue weighted by Crippen LogP contribution is 2.19. The first-order valence-corrected chi connectivity index (χ1v) is 8.37. The standard InChI is InChI=1S/C19H16F3N3O5/c1-11(26)23-13-5-7-14(8-6-13)24-16(27)10-30-17(28)12-3-2-4-15(9-12)25-18(29)19(20,21)22/h2-9H,10H2,1H3,(H,23,26)(H,24,27)(H,25,29). The van der Waals surface area contributed by atoms with Crippen molar-refractivity contribution in [1.29, 1.82) is 0 Å². The summed E-state index contributed by atoms with van der Waals surface area (Å²) >= 11 is 0. The maximum atomic E-state index is 12.3. The Kier molecular flexibility index (Phi) is 7.13. The van der Waals surface area contributed by atoms with Crippen molar-refractivity contribution >= 4 is 40.8 Å². The number of esters is 1. The van der Waals surface area contributed by atoms with E-state index in [1.807, 2.05) is 0 Å². The predicted molar refractivity (Wildman–Crippen MR) is 101 cm³/mol. The fourth-order valence-electron chi connectivity index (χ4n) is 2.18. The van der Waals surface area contributed by atoms with Gasteiger partial charge in [-0.15, -0.1) is 0 Å². The largest absolute Gasteiger partial charge is 0.471 e. The summed E-state index contributed by atoms with van der Waals surface area (Å²) < 4.78 is 41.7. The van der Waals surface area contributed by atoms with E-state index in [4.69, 9.17) is 4.74 Å². The molecule has 0 fully saturated rings. The van der Waals surface area contributed by atoms with Crippen molar-refractivity contribution in [3.05, 3.63) is 54.1 Å². The quantitative estimate of drug-likeness (QED) is 0.619. The molecule has 11 heteroatoms. The first-order valence-electron chi connectivity index (χ1n) is 8.37. The van der Waals surface area contributed by atoms with Crippen LogP contribution in [0.1, 0.15) is 17.3 Å². The third-order valence-electron chi connectivity index (χ3n) is 3.44. The van der Waals surface area contributed by atoms with Gasteiger partial charge in [0.05, 0.1) is 5.56 Å². The lowest BCUT2D eigenvalue weighted by Crippen LogP contribution is -2.30. The number of hydrogen-bond acceptors (Lipinski definition) is 5. The number of ether oxygens (including phenoxy) is 1. The van der Waals surface area contributed by atoms with Crippen molar-refractivity contribution in [2.45, 2.75) is 13.1 Å². The van der Waals surface area contributed by atoms with E-state index in [9.17, 15) is 32.3 Å². The predicted octanol–water partition coefficient (Wildman–Crippen LogP) is 2.94. The molecule has 158 valence electrons. The number of benzene rings is 2. The van der Waals surface area contributed by atoms with Gasteiger partial charge in [0.1, 0.15) is 0 Å². The molecule has 2 aromatic carbocycles. The minimum atomic E-state index is -5.07. The van der Waals surface area contributed by atoms with Gasteiger partial charge in [0, 0.05) is 24.0 Å². The molecule has 0 atom stereocenters. The monoisotopic (exact) mass is 423 g/mol. The number of alkyl halides is 3. The van der Waals surface area contributed by atoms with Gasteiger partial charge in [-0.25, -0.2) is 4.79 Å². The molecule has 0 saturated carbocycles. The molecule has 0 saturated heterocycles. The number of hydrogen-bond donors (Lipinski definition) is 3. The van der Waals surface area contributed by atoms with Gasteiger partial charge in [-0.05, 0) is 42.5 Å². The number of nitrogens with one attached hydrogen (secondary N) is 3. The topological polar surface area (TPSA) is 114 Å². The van der Waals surface area contributed by atoms with Crippen molar-refractivity contribution in [2.75, 3.05) is 22.6 Å². The van der Waals surface area contributed by atoms with E-state index in [1.54, 1.807) is 17.4 Å². The number of halogens is 3. The summed E-state index contributed by atoms with van der Waals surface area (Å²) in [4.78, 5) is 45.8. The summed E-state index contributed by atoms with van der Waals surface area (Å²) in [6.45, 7) is 0.704. The first kappa shape index (κ1) is 22.4. The Morgan fingerprint density at radius 2 is 1.47 bits per heavy atom. The highest BCUT2D eigenvalue weighted by Gasteiger charge is 2.38. The number of carbonyl (C=O) groups is 4. The number of amides is 3. The van der Waals surface area contributed by atoms with Crippen LogP contribution in [0.15, 0.2) is 48.5 Å². The van der Waals surface area contributed by atoms with Crippen LogP contribution in [0.2, 0.25) is 0 Å². The van der Waals surface area contributed by atoms with E-state index >= 15 is 0 Å². The molecule has 8 nitrogen and oxygen atoms in total. The molecule has 0 unspecified atom stereocenters. The molecule has 0 bridgehead atoms. The van der Waals surface area contributed by atoms with Crippen LogP contribution in [0, 0.1) is 0 Å². The third kappa shape index (κ3) is 6.93. The molecule has 0 aromatic heterocycles. The number of rotatable bonds is 6. The lowest BCUT2D eigenvalue weighted by Gasteiger charge is -2.10. The second-order valence-electron chi connectivity index (χ2n) is 5.92. The smallest absolute Gasteiger partial charge is 0.452 e. The Morgan fingerprint density at radius 1 is 0.867 bits per heavy atom. The second-order valence-corrected chi connectivity index (χ2v) is 5.92. The Labute approximate surface area is 168 Å². The Morgan fingerprint density at radius 3 is 2.03 bits per heavy atom. The molecule has 30 heavy (non-hydrogen) atoms. The molecular weight excluding hydrogens is 407 g/mol. The van der Waals surface area contributed by atoms with E-state index in [0.717, 1.165) is 12.1 Å². The maximum absolute atomic E-state index is 12.3. The first-order chi connectivity index (χ1) is 14.0. The van der Waals surface area contributed by atoms with E-state index < -0.39 is 30.6 Å². The van der Waals surface area contributed by atoms with Gasteiger partial charge in [-0.1, -0.05) is 6.07 Å². The highest BCUT2D eigenvalue weighted by atomic mass is 19.4. The lowest BCUT2D eigenvalue weighted by atomic mass is 10.2. The van der Waals surface area contributed by atoms with Crippen molar-refractivity contribution < 1.29 is 37.1 Å². The molecule has 0 radical (unpaired) electrons. The molecule has 2 aromatic rings. The minimum absolute atomic E-state index is 0.151. The maximum Gasteiger partial charge on any atom is 0.471 e. The van der Waals surface area contributed by atoms with Crippen LogP contribution in [0.4, 0.5) is 30.2 Å². The van der Waals surface area contributed by atoms with E-state index in [1.165, 1.54) is 31.2 Å². The second kappa shape index (κ2) is 9.54. The Hall–Kier alpha value is -3.89. The van der Waals surface area contributed by atoms with Crippen LogP contribution in [-0.4, -0.2) is 36.5 Å². The summed E-state index contributed by atoms with van der Waals surface area (Å²) in [7, 11) is 0. The summed E-state index contributed by atoms with van der Waals surface area (Å²) in [5.41, 5.74) is 0.518. The lowest BCUT2D eigenvalue weighted by molar-refractivity contribution is -0.167. The van der Waals surface area contributed by atoms with Gasteiger partial charge in [-0.3, -0.25) is 14.4 Å². The third-order valence-corrected chi connectivity index (χ3v) is 3.44. The average molecular weight is 423 g/mol. The zero-order chi connectivity index (χ0) is 22.3. The van der Waals surface area contributed by atoms with Crippen LogP contribution in [0.25, 0.3) is 0 Å². The fraction of sp³-hybridized carbons (Fsp3) is 0.158. The zero-order valence-corrected chi connectivity index (χ0v) is 15.5. The summed E-state index contributed by atoms with van der Waals surface area (Å²) in [6, 6.07) is 10.8. The number of carbonyl (C=O) groups excluding carboxylic acids is 4. The van der Waals surface area contributed by atoms with Gasteiger partial charge in [0.15, 0.2) is 6.61 Å². The van der Waals surface area contributed by atoms with E-state index in [2.05, 4.69) is 10.6 Å². The fourth-order valence-corrected chi connectivity index (χ4v) is 2.18. The molecular formula is C19H16F3N3O5. The molecule has 0 aliphatic heterocycles. The van der Waals surface area contributed by atoms with Crippen LogP contribution >= 0.6 is 0 Å². The van der Waals surface area contributed by atoms with Crippen molar-refractivity contribution in [3.63, 3.8) is 0 Å². The summed E-state index contributed by atoms with van der Waals surface area (Å²) in [5, 5.41) is 6.64. The van der Waals surface area contributed by atoms with Crippen molar-refractivity contribution in [3.8, 4) is 0 Å². The van der Waals surface area contributed by atoms with Crippen LogP contribution in [0.3, 0.4) is 0 Å². The average Bonchev–Trinajstić information content (AvgIpc) is 2.66. The van der Waals surface area contributed by atoms with Crippen molar-refractivity contribution in [1.82, 2.24) is 0 Å². The van der Waals surface area contributed by atoms with Gasteiger partial charge in [0.25, 0.3) is 5.91 Å². The Bertz CT molecular complexity index is 959. The summed E-state index contributed by atoms with van der Waals surface area (Å²) in [5.74, 6) is -4.05. The van der Waals surface area contributed by atoms with E-state index in [-0.39, 0.29) is 17.2 Å². The minimum Gasteiger partial charge on any atom is -0.452 e. The normalized spacial score (nSPS) is 10.7. The Balaban J connectivity index is 1.89. The molecule has 3 amide bonds. The SMILES string of the molecule is CC(=O)Nc1ccc(NC(=O)COC(=O)c2cccc(NC(=O)C(F)(F)F)c2)cc1. The van der Waals surface area contributed by atoms with Crippen LogP contribution in [-0.2, 0) is 19.1 Å².